The summed E-state index contributed by atoms with van der Waals surface area (Å²) >= 11 is 0. The summed E-state index contributed by atoms with van der Waals surface area (Å²) in [5.41, 5.74) is 2.94. The molecule has 6 heteroatoms. The maximum atomic E-state index is 9.54. The quantitative estimate of drug-likeness (QED) is 0.757. The Kier molecular flexibility index (Phi) is 3.69. The molecule has 4 heterocycles. The number of nitrogens with zero attached hydrogens (tertiary/aromatic N) is 4. The first kappa shape index (κ1) is 15.5. The van der Waals surface area contributed by atoms with Crippen molar-refractivity contribution in [1.29, 1.82) is 0 Å². The van der Waals surface area contributed by atoms with Crippen LogP contribution in [-0.2, 0) is 0 Å². The van der Waals surface area contributed by atoms with Crippen LogP contribution in [-0.4, -0.2) is 46.2 Å². The van der Waals surface area contributed by atoms with Gasteiger partial charge in [0.15, 0.2) is 0 Å². The first-order valence-corrected chi connectivity index (χ1v) is 9.48. The molecule has 0 aliphatic carbocycles. The molecular formula is C20H23N5O. The second-order valence-corrected chi connectivity index (χ2v) is 7.23. The molecule has 26 heavy (non-hydrogen) atoms. The molecule has 2 fully saturated rings. The Morgan fingerprint density at radius 2 is 1.50 bits per heavy atom. The number of phenols is 1. The first-order chi connectivity index (χ1) is 12.8. The van der Waals surface area contributed by atoms with E-state index in [4.69, 9.17) is 9.97 Å². The minimum atomic E-state index is 0.277. The molecule has 0 bridgehead atoms. The number of nitrogens with one attached hydrogen (secondary N) is 1. The number of fused-ring (bicyclic) bond motifs is 1. The molecule has 0 spiro atoms. The van der Waals surface area contributed by atoms with Crippen LogP contribution in [0.15, 0.2) is 30.3 Å². The lowest BCUT2D eigenvalue weighted by molar-refractivity contribution is 0.475. The van der Waals surface area contributed by atoms with Crippen LogP contribution in [0.1, 0.15) is 25.7 Å². The van der Waals surface area contributed by atoms with Crippen molar-refractivity contribution < 1.29 is 5.11 Å². The summed E-state index contributed by atoms with van der Waals surface area (Å²) in [4.78, 5) is 18.0. The molecule has 2 aliphatic heterocycles. The molecule has 6 nitrogen and oxygen atoms in total. The number of hydrogen-bond donors (Lipinski definition) is 2. The number of phenolic OH excluding ortho intramolecular Hbond substituents is 1. The van der Waals surface area contributed by atoms with Crippen molar-refractivity contribution in [1.82, 2.24) is 15.0 Å². The van der Waals surface area contributed by atoms with E-state index in [1.807, 2.05) is 12.1 Å². The van der Waals surface area contributed by atoms with E-state index in [0.717, 1.165) is 60.2 Å². The van der Waals surface area contributed by atoms with E-state index >= 15 is 0 Å². The van der Waals surface area contributed by atoms with Gasteiger partial charge in [-0.25, -0.2) is 0 Å². The highest BCUT2D eigenvalue weighted by atomic mass is 16.3. The van der Waals surface area contributed by atoms with Crippen molar-refractivity contribution in [2.75, 3.05) is 36.0 Å². The highest BCUT2D eigenvalue weighted by Crippen LogP contribution is 2.33. The van der Waals surface area contributed by atoms with E-state index < -0.39 is 0 Å². The van der Waals surface area contributed by atoms with Crippen LogP contribution in [0.4, 0.5) is 11.8 Å². The van der Waals surface area contributed by atoms with Gasteiger partial charge in [-0.15, -0.1) is 0 Å². The molecule has 0 radical (unpaired) electrons. The SMILES string of the molecule is Oc1ccc(-c2cc3c(N4CCCC4)nc(N4CCCC4)nc3[nH]2)cc1. The van der Waals surface area contributed by atoms with Crippen LogP contribution in [0.25, 0.3) is 22.3 Å². The normalized spacial score (nSPS) is 17.5. The molecule has 0 atom stereocenters. The second-order valence-electron chi connectivity index (χ2n) is 7.23. The molecule has 2 saturated heterocycles. The van der Waals surface area contributed by atoms with E-state index in [9.17, 15) is 5.11 Å². The Balaban J connectivity index is 1.64. The van der Waals surface area contributed by atoms with Gasteiger partial charge in [0, 0.05) is 31.9 Å². The standard InChI is InChI=1S/C20H23N5O/c26-15-7-5-14(6-8-15)17-13-16-18(21-17)22-20(25-11-3-4-12-25)23-19(16)24-9-1-2-10-24/h5-8,13,26H,1-4,9-12H2,(H,21,22,23). The predicted molar refractivity (Wildman–Crippen MR) is 104 cm³/mol. The predicted octanol–water partition coefficient (Wildman–Crippen LogP) is 3.53. The van der Waals surface area contributed by atoms with Crippen molar-refractivity contribution in [3.63, 3.8) is 0 Å². The minimum Gasteiger partial charge on any atom is -0.508 e. The highest BCUT2D eigenvalue weighted by molar-refractivity contribution is 5.93. The summed E-state index contributed by atoms with van der Waals surface area (Å²) in [6.45, 7) is 4.20. The van der Waals surface area contributed by atoms with Crippen molar-refractivity contribution in [2.24, 2.45) is 0 Å². The Morgan fingerprint density at radius 3 is 2.19 bits per heavy atom. The molecule has 0 unspecified atom stereocenters. The van der Waals surface area contributed by atoms with Gasteiger partial charge in [0.1, 0.15) is 17.2 Å². The number of rotatable bonds is 3. The Labute approximate surface area is 152 Å². The topological polar surface area (TPSA) is 68.3 Å². The maximum Gasteiger partial charge on any atom is 0.229 e. The molecule has 1 aromatic carbocycles. The summed E-state index contributed by atoms with van der Waals surface area (Å²) < 4.78 is 0. The molecule has 2 aliphatic rings. The summed E-state index contributed by atoms with van der Waals surface area (Å²) in [5.74, 6) is 2.17. The zero-order valence-corrected chi connectivity index (χ0v) is 14.8. The average Bonchev–Trinajstić information content (AvgIpc) is 3.41. The fraction of sp³-hybridized carbons (Fsp3) is 0.400. The summed E-state index contributed by atoms with van der Waals surface area (Å²) in [6, 6.07) is 9.41. The summed E-state index contributed by atoms with van der Waals surface area (Å²) in [7, 11) is 0. The largest absolute Gasteiger partial charge is 0.508 e. The lowest BCUT2D eigenvalue weighted by Crippen LogP contribution is -2.24. The smallest absolute Gasteiger partial charge is 0.229 e. The maximum absolute atomic E-state index is 9.54. The minimum absolute atomic E-state index is 0.277. The third-order valence-electron chi connectivity index (χ3n) is 5.43. The zero-order chi connectivity index (χ0) is 17.5. The van der Waals surface area contributed by atoms with Gasteiger partial charge in [0.2, 0.25) is 5.95 Å². The van der Waals surface area contributed by atoms with Gasteiger partial charge in [-0.3, -0.25) is 0 Å². The second kappa shape index (κ2) is 6.20. The number of aromatic hydroxyl groups is 1. The zero-order valence-electron chi connectivity index (χ0n) is 14.8. The molecule has 0 amide bonds. The fourth-order valence-electron chi connectivity index (χ4n) is 4.01. The van der Waals surface area contributed by atoms with Gasteiger partial charge < -0.3 is 19.9 Å². The van der Waals surface area contributed by atoms with Gasteiger partial charge in [0.05, 0.1) is 5.39 Å². The van der Waals surface area contributed by atoms with Crippen molar-refractivity contribution in [3.05, 3.63) is 30.3 Å². The molecule has 2 aromatic heterocycles. The fourth-order valence-corrected chi connectivity index (χ4v) is 4.01. The van der Waals surface area contributed by atoms with Crippen LogP contribution in [0.3, 0.4) is 0 Å². The van der Waals surface area contributed by atoms with E-state index in [0.29, 0.717) is 0 Å². The average molecular weight is 349 g/mol. The van der Waals surface area contributed by atoms with Crippen molar-refractivity contribution >= 4 is 22.8 Å². The van der Waals surface area contributed by atoms with E-state index in [1.54, 1.807) is 12.1 Å². The lowest BCUT2D eigenvalue weighted by Gasteiger charge is -2.21. The highest BCUT2D eigenvalue weighted by Gasteiger charge is 2.23. The van der Waals surface area contributed by atoms with Crippen molar-refractivity contribution in [3.8, 4) is 17.0 Å². The van der Waals surface area contributed by atoms with Crippen LogP contribution < -0.4 is 9.80 Å². The van der Waals surface area contributed by atoms with Gasteiger partial charge in [-0.05, 0) is 61.6 Å². The molecule has 3 aromatic rings. The van der Waals surface area contributed by atoms with Crippen LogP contribution >= 0.6 is 0 Å². The van der Waals surface area contributed by atoms with Gasteiger partial charge in [-0.2, -0.15) is 9.97 Å². The third-order valence-corrected chi connectivity index (χ3v) is 5.43. The van der Waals surface area contributed by atoms with Crippen molar-refractivity contribution in [2.45, 2.75) is 25.7 Å². The first-order valence-electron chi connectivity index (χ1n) is 9.48. The molecule has 134 valence electrons. The van der Waals surface area contributed by atoms with Crippen LogP contribution in [0, 0.1) is 0 Å². The molecule has 0 saturated carbocycles. The summed E-state index contributed by atoms with van der Waals surface area (Å²) in [6.07, 6.45) is 4.87. The molecular weight excluding hydrogens is 326 g/mol. The number of aromatic nitrogens is 3. The van der Waals surface area contributed by atoms with E-state index in [-0.39, 0.29) is 5.75 Å². The van der Waals surface area contributed by atoms with Crippen LogP contribution in [0.2, 0.25) is 0 Å². The monoisotopic (exact) mass is 349 g/mol. The van der Waals surface area contributed by atoms with E-state index in [1.165, 1.54) is 25.7 Å². The number of anilines is 2. The Hall–Kier alpha value is -2.76. The number of benzene rings is 1. The molecule has 5 rings (SSSR count). The van der Waals surface area contributed by atoms with E-state index in [2.05, 4.69) is 20.9 Å². The Bertz CT molecular complexity index is 921. The molecule has 2 N–H and O–H groups in total. The van der Waals surface area contributed by atoms with Gasteiger partial charge >= 0.3 is 0 Å². The summed E-state index contributed by atoms with van der Waals surface area (Å²) in [5, 5.41) is 10.6. The lowest BCUT2D eigenvalue weighted by atomic mass is 10.1. The van der Waals surface area contributed by atoms with Gasteiger partial charge in [0.25, 0.3) is 0 Å². The van der Waals surface area contributed by atoms with Gasteiger partial charge in [-0.1, -0.05) is 0 Å². The van der Waals surface area contributed by atoms with Crippen LogP contribution in [0.5, 0.6) is 5.75 Å². The Morgan fingerprint density at radius 1 is 0.846 bits per heavy atom. The number of H-pyrrole nitrogens is 1. The number of aromatic amines is 1. The third kappa shape index (κ3) is 2.66. The number of hydrogen-bond acceptors (Lipinski definition) is 5.